The van der Waals surface area contributed by atoms with Crippen molar-refractivity contribution in [3.8, 4) is 0 Å². The molecule has 0 rings (SSSR count). The van der Waals surface area contributed by atoms with Crippen LogP contribution in [0.15, 0.2) is 0 Å². The zero-order chi connectivity index (χ0) is 14.2. The van der Waals surface area contributed by atoms with Crippen LogP contribution >= 0.6 is 11.8 Å². The predicted molar refractivity (Wildman–Crippen MR) is 83.1 cm³/mol. The second-order valence-electron chi connectivity index (χ2n) is 6.80. The summed E-state index contributed by atoms with van der Waals surface area (Å²) >= 11 is 2.04. The third kappa shape index (κ3) is 12.3. The van der Waals surface area contributed by atoms with Crippen LogP contribution in [-0.2, 0) is 4.79 Å². The molecule has 0 aliphatic carbocycles. The molecule has 0 radical (unpaired) electrons. The molecule has 3 heteroatoms. The van der Waals surface area contributed by atoms with Gasteiger partial charge in [0, 0.05) is 12.5 Å². The maximum Gasteiger partial charge on any atom is 0.220 e. The molecule has 0 bridgehead atoms. The lowest BCUT2D eigenvalue weighted by molar-refractivity contribution is -0.121. The summed E-state index contributed by atoms with van der Waals surface area (Å²) in [5, 5.41) is 2.94. The van der Waals surface area contributed by atoms with Crippen LogP contribution < -0.4 is 5.32 Å². The Morgan fingerprint density at radius 2 is 1.83 bits per heavy atom. The fraction of sp³-hybridized carbons (Fsp3) is 0.933. The van der Waals surface area contributed by atoms with Crippen LogP contribution in [0.2, 0.25) is 0 Å². The van der Waals surface area contributed by atoms with Gasteiger partial charge in [-0.15, -0.1) is 0 Å². The Labute approximate surface area is 118 Å². The molecule has 1 amide bonds. The highest BCUT2D eigenvalue weighted by Crippen LogP contribution is 2.23. The zero-order valence-corrected chi connectivity index (χ0v) is 13.8. The molecule has 2 nitrogen and oxygen atoms in total. The lowest BCUT2D eigenvalue weighted by Crippen LogP contribution is -2.29. The third-order valence-electron chi connectivity index (χ3n) is 2.49. The highest BCUT2D eigenvalue weighted by molar-refractivity contribution is 7.99. The van der Waals surface area contributed by atoms with Gasteiger partial charge in [0.1, 0.15) is 0 Å². The van der Waals surface area contributed by atoms with E-state index in [-0.39, 0.29) is 11.9 Å². The quantitative estimate of drug-likeness (QED) is 0.721. The number of carbonyl (C=O) groups excluding carboxylic acids is 1. The number of hydrogen-bond acceptors (Lipinski definition) is 2. The minimum atomic E-state index is 0.194. The Balaban J connectivity index is 3.53. The van der Waals surface area contributed by atoms with Crippen molar-refractivity contribution < 1.29 is 4.79 Å². The van der Waals surface area contributed by atoms with Gasteiger partial charge >= 0.3 is 0 Å². The lowest BCUT2D eigenvalue weighted by atomic mass is 10.0. The normalized spacial score (nSPS) is 13.7. The number of rotatable bonds is 8. The SMILES string of the molecule is CC(CCCC(=O)NC(C)C)CSCC(C)(C)C. The molecule has 0 aliphatic heterocycles. The van der Waals surface area contributed by atoms with Crippen LogP contribution in [0.3, 0.4) is 0 Å². The molecule has 0 aromatic rings. The monoisotopic (exact) mass is 273 g/mol. The first-order chi connectivity index (χ1) is 8.20. The molecule has 0 fully saturated rings. The first-order valence-corrected chi connectivity index (χ1v) is 8.23. The van der Waals surface area contributed by atoms with Gasteiger partial charge in [-0.25, -0.2) is 0 Å². The Bertz CT molecular complexity index is 233. The molecule has 0 saturated heterocycles. The van der Waals surface area contributed by atoms with Gasteiger partial charge in [-0.2, -0.15) is 11.8 Å². The van der Waals surface area contributed by atoms with Gasteiger partial charge in [-0.05, 0) is 49.5 Å². The first-order valence-electron chi connectivity index (χ1n) is 7.08. The number of amides is 1. The summed E-state index contributed by atoms with van der Waals surface area (Å²) in [5.74, 6) is 3.33. The highest BCUT2D eigenvalue weighted by atomic mass is 32.2. The van der Waals surface area contributed by atoms with Gasteiger partial charge in [0.05, 0.1) is 0 Å². The van der Waals surface area contributed by atoms with Crippen molar-refractivity contribution in [2.75, 3.05) is 11.5 Å². The second-order valence-corrected chi connectivity index (χ2v) is 7.83. The molecule has 108 valence electrons. The molecule has 18 heavy (non-hydrogen) atoms. The van der Waals surface area contributed by atoms with Gasteiger partial charge in [0.15, 0.2) is 0 Å². The van der Waals surface area contributed by atoms with Crippen molar-refractivity contribution in [3.63, 3.8) is 0 Å². The molecule has 1 atom stereocenters. The number of hydrogen-bond donors (Lipinski definition) is 1. The van der Waals surface area contributed by atoms with Gasteiger partial charge in [0.25, 0.3) is 0 Å². The summed E-state index contributed by atoms with van der Waals surface area (Å²) in [6, 6.07) is 0.261. The first kappa shape index (κ1) is 17.8. The van der Waals surface area contributed by atoms with Gasteiger partial charge in [-0.3, -0.25) is 4.79 Å². The average molecular weight is 273 g/mol. The molecular formula is C15H31NOS. The molecular weight excluding hydrogens is 242 g/mol. The summed E-state index contributed by atoms with van der Waals surface area (Å²) in [6.45, 7) is 13.1. The topological polar surface area (TPSA) is 29.1 Å². The van der Waals surface area contributed by atoms with E-state index in [0.29, 0.717) is 17.8 Å². The molecule has 0 aromatic heterocycles. The van der Waals surface area contributed by atoms with Crippen LogP contribution in [0.25, 0.3) is 0 Å². The van der Waals surface area contributed by atoms with Gasteiger partial charge < -0.3 is 5.32 Å². The van der Waals surface area contributed by atoms with E-state index in [0.717, 1.165) is 12.8 Å². The van der Waals surface area contributed by atoms with Crippen molar-refractivity contribution in [2.45, 2.75) is 66.8 Å². The van der Waals surface area contributed by atoms with Gasteiger partial charge in [-0.1, -0.05) is 27.7 Å². The number of carbonyl (C=O) groups is 1. The van der Waals surface area contributed by atoms with Gasteiger partial charge in [0.2, 0.25) is 5.91 Å². The summed E-state index contributed by atoms with van der Waals surface area (Å²) in [7, 11) is 0. The van der Waals surface area contributed by atoms with E-state index in [2.05, 4.69) is 33.0 Å². The van der Waals surface area contributed by atoms with E-state index in [1.165, 1.54) is 11.5 Å². The molecule has 1 unspecified atom stereocenters. The van der Waals surface area contributed by atoms with E-state index < -0.39 is 0 Å². The Kier molecular flexibility index (Phi) is 8.75. The Morgan fingerprint density at radius 3 is 2.33 bits per heavy atom. The van der Waals surface area contributed by atoms with E-state index in [1.807, 2.05) is 25.6 Å². The highest BCUT2D eigenvalue weighted by Gasteiger charge is 2.11. The van der Waals surface area contributed by atoms with Crippen molar-refractivity contribution in [1.82, 2.24) is 5.32 Å². The molecule has 0 saturated carbocycles. The van der Waals surface area contributed by atoms with Crippen LogP contribution in [-0.4, -0.2) is 23.5 Å². The third-order valence-corrected chi connectivity index (χ3v) is 4.36. The van der Waals surface area contributed by atoms with E-state index in [4.69, 9.17) is 0 Å². The minimum absolute atomic E-state index is 0.194. The summed E-state index contributed by atoms with van der Waals surface area (Å²) in [5.41, 5.74) is 0.418. The summed E-state index contributed by atoms with van der Waals surface area (Å²) in [6.07, 6.45) is 2.84. The lowest BCUT2D eigenvalue weighted by Gasteiger charge is -2.19. The minimum Gasteiger partial charge on any atom is -0.354 e. The smallest absolute Gasteiger partial charge is 0.220 e. The van der Waals surface area contributed by atoms with Crippen LogP contribution in [0.5, 0.6) is 0 Å². The van der Waals surface area contributed by atoms with Crippen molar-refractivity contribution in [3.05, 3.63) is 0 Å². The molecule has 0 aliphatic rings. The van der Waals surface area contributed by atoms with Crippen molar-refractivity contribution in [1.29, 1.82) is 0 Å². The molecule has 1 N–H and O–H groups in total. The van der Waals surface area contributed by atoms with Crippen LogP contribution in [0.1, 0.15) is 60.8 Å². The molecule has 0 spiro atoms. The number of nitrogens with one attached hydrogen (secondary N) is 1. The van der Waals surface area contributed by atoms with Crippen LogP contribution in [0.4, 0.5) is 0 Å². The largest absolute Gasteiger partial charge is 0.354 e. The second kappa shape index (κ2) is 8.84. The maximum absolute atomic E-state index is 11.5. The standard InChI is InChI=1S/C15H31NOS/c1-12(2)16-14(17)9-7-8-13(3)10-18-11-15(4,5)6/h12-13H,7-11H2,1-6H3,(H,16,17). The Hall–Kier alpha value is -0.180. The van der Waals surface area contributed by atoms with E-state index in [9.17, 15) is 4.79 Å². The predicted octanol–water partition coefficient (Wildman–Crippen LogP) is 4.10. The van der Waals surface area contributed by atoms with E-state index >= 15 is 0 Å². The molecule has 0 aromatic carbocycles. The summed E-state index contributed by atoms with van der Waals surface area (Å²) in [4.78, 5) is 11.5. The maximum atomic E-state index is 11.5. The molecule has 0 heterocycles. The fourth-order valence-electron chi connectivity index (χ4n) is 1.65. The van der Waals surface area contributed by atoms with Crippen LogP contribution in [0, 0.1) is 11.3 Å². The van der Waals surface area contributed by atoms with Crippen molar-refractivity contribution >= 4 is 17.7 Å². The number of thioether (sulfide) groups is 1. The summed E-state index contributed by atoms with van der Waals surface area (Å²) < 4.78 is 0. The van der Waals surface area contributed by atoms with E-state index in [1.54, 1.807) is 0 Å². The fourth-order valence-corrected chi connectivity index (χ4v) is 2.95. The average Bonchev–Trinajstić information content (AvgIpc) is 2.13. The van der Waals surface area contributed by atoms with Crippen molar-refractivity contribution in [2.24, 2.45) is 11.3 Å². The Morgan fingerprint density at radius 1 is 1.22 bits per heavy atom. The zero-order valence-electron chi connectivity index (χ0n) is 13.0.